The van der Waals surface area contributed by atoms with Crippen molar-refractivity contribution in [1.82, 2.24) is 0 Å². The molecule has 1 aliphatic carbocycles. The van der Waals surface area contributed by atoms with Crippen LogP contribution in [0.4, 0.5) is 15.8 Å². The molecule has 0 saturated heterocycles. The molecule has 0 spiro atoms. The number of nitrogen functional groups attached to an aromatic ring is 1. The summed E-state index contributed by atoms with van der Waals surface area (Å²) in [6.45, 7) is 0. The summed E-state index contributed by atoms with van der Waals surface area (Å²) in [6, 6.07) is 13.6. The molecule has 19 heavy (non-hydrogen) atoms. The topological polar surface area (TPSA) is 38.0 Å². The van der Waals surface area contributed by atoms with Crippen molar-refractivity contribution in [3.05, 3.63) is 59.4 Å². The molecule has 2 aromatic carbocycles. The first-order valence-corrected chi connectivity index (χ1v) is 6.61. The Morgan fingerprint density at radius 2 is 1.89 bits per heavy atom. The second-order valence-corrected chi connectivity index (χ2v) is 5.09. The van der Waals surface area contributed by atoms with Crippen molar-refractivity contribution in [3.8, 4) is 0 Å². The molecule has 2 aromatic rings. The van der Waals surface area contributed by atoms with Gasteiger partial charge >= 0.3 is 0 Å². The molecule has 0 radical (unpaired) electrons. The molecule has 3 heteroatoms. The highest BCUT2D eigenvalue weighted by Gasteiger charge is 2.18. The lowest BCUT2D eigenvalue weighted by atomic mass is 9.88. The Labute approximate surface area is 112 Å². The molecule has 2 nitrogen and oxygen atoms in total. The largest absolute Gasteiger partial charge is 0.399 e. The van der Waals surface area contributed by atoms with Gasteiger partial charge in [-0.2, -0.15) is 0 Å². The van der Waals surface area contributed by atoms with E-state index in [-0.39, 0.29) is 11.9 Å². The lowest BCUT2D eigenvalue weighted by Gasteiger charge is -2.26. The minimum Gasteiger partial charge on any atom is -0.399 e. The molecule has 0 fully saturated rings. The maximum atomic E-state index is 13.8. The number of anilines is 2. The van der Waals surface area contributed by atoms with Gasteiger partial charge in [0.05, 0.1) is 5.69 Å². The van der Waals surface area contributed by atoms with Gasteiger partial charge in [0.1, 0.15) is 5.82 Å². The van der Waals surface area contributed by atoms with Gasteiger partial charge in [-0.1, -0.05) is 24.3 Å². The fourth-order valence-corrected chi connectivity index (χ4v) is 2.69. The van der Waals surface area contributed by atoms with Crippen LogP contribution in [-0.2, 0) is 12.8 Å². The highest BCUT2D eigenvalue weighted by atomic mass is 19.1. The van der Waals surface area contributed by atoms with E-state index in [2.05, 4.69) is 29.6 Å². The van der Waals surface area contributed by atoms with E-state index in [1.54, 1.807) is 12.1 Å². The van der Waals surface area contributed by atoms with Crippen LogP contribution < -0.4 is 11.1 Å². The van der Waals surface area contributed by atoms with E-state index in [9.17, 15) is 4.39 Å². The quantitative estimate of drug-likeness (QED) is 0.808. The lowest BCUT2D eigenvalue weighted by molar-refractivity contribution is 0.592. The Morgan fingerprint density at radius 3 is 2.68 bits per heavy atom. The molecule has 0 bridgehead atoms. The minimum atomic E-state index is -0.279. The van der Waals surface area contributed by atoms with Gasteiger partial charge in [-0.25, -0.2) is 4.39 Å². The maximum Gasteiger partial charge on any atom is 0.148 e. The molecule has 1 unspecified atom stereocenters. The molecule has 0 heterocycles. The summed E-state index contributed by atoms with van der Waals surface area (Å²) in [4.78, 5) is 0. The van der Waals surface area contributed by atoms with Gasteiger partial charge < -0.3 is 11.1 Å². The summed E-state index contributed by atoms with van der Waals surface area (Å²) in [5.74, 6) is -0.279. The first kappa shape index (κ1) is 12.0. The van der Waals surface area contributed by atoms with Crippen LogP contribution in [0.3, 0.4) is 0 Å². The third-order valence-electron chi connectivity index (χ3n) is 3.70. The molecule has 0 aliphatic heterocycles. The normalized spacial score (nSPS) is 17.8. The highest BCUT2D eigenvalue weighted by molar-refractivity contribution is 5.53. The maximum absolute atomic E-state index is 13.8. The number of aryl methyl sites for hydroxylation is 1. The average molecular weight is 256 g/mol. The zero-order valence-electron chi connectivity index (χ0n) is 10.7. The summed E-state index contributed by atoms with van der Waals surface area (Å²) >= 11 is 0. The Kier molecular flexibility index (Phi) is 3.11. The summed E-state index contributed by atoms with van der Waals surface area (Å²) in [7, 11) is 0. The molecule has 0 aromatic heterocycles. The van der Waals surface area contributed by atoms with Crippen LogP contribution in [-0.4, -0.2) is 6.04 Å². The first-order chi connectivity index (χ1) is 9.22. The highest BCUT2D eigenvalue weighted by Crippen LogP contribution is 2.25. The van der Waals surface area contributed by atoms with Crippen molar-refractivity contribution in [1.29, 1.82) is 0 Å². The number of hydrogen-bond acceptors (Lipinski definition) is 2. The zero-order valence-corrected chi connectivity index (χ0v) is 10.7. The van der Waals surface area contributed by atoms with Crippen molar-refractivity contribution in [2.45, 2.75) is 25.3 Å². The van der Waals surface area contributed by atoms with Gasteiger partial charge in [-0.3, -0.25) is 0 Å². The zero-order chi connectivity index (χ0) is 13.2. The minimum absolute atomic E-state index is 0.279. The molecular formula is C16H17FN2. The number of fused-ring (bicyclic) bond motifs is 1. The van der Waals surface area contributed by atoms with Crippen LogP contribution in [0, 0.1) is 5.82 Å². The standard InChI is InChI=1S/C16H17FN2/c17-15-10-13(18)6-8-16(15)19-14-7-5-11-3-1-2-4-12(11)9-14/h1-4,6,8,10,14,19H,5,7,9,18H2. The number of hydrogen-bond donors (Lipinski definition) is 2. The van der Waals surface area contributed by atoms with Crippen molar-refractivity contribution in [2.24, 2.45) is 0 Å². The average Bonchev–Trinajstić information content (AvgIpc) is 2.42. The Balaban J connectivity index is 1.75. The summed E-state index contributed by atoms with van der Waals surface area (Å²) in [5.41, 5.74) is 9.33. The second kappa shape index (κ2) is 4.92. The van der Waals surface area contributed by atoms with Crippen LogP contribution in [0.2, 0.25) is 0 Å². The fourth-order valence-electron chi connectivity index (χ4n) is 2.69. The second-order valence-electron chi connectivity index (χ2n) is 5.09. The molecule has 0 saturated carbocycles. The third kappa shape index (κ3) is 2.55. The Bertz CT molecular complexity index is 595. The first-order valence-electron chi connectivity index (χ1n) is 6.61. The predicted molar refractivity (Wildman–Crippen MR) is 76.7 cm³/mol. The van der Waals surface area contributed by atoms with Gasteiger partial charge in [-0.15, -0.1) is 0 Å². The predicted octanol–water partition coefficient (Wildman–Crippen LogP) is 3.38. The van der Waals surface area contributed by atoms with E-state index in [1.165, 1.54) is 17.2 Å². The molecule has 3 N–H and O–H groups in total. The van der Waals surface area contributed by atoms with Crippen molar-refractivity contribution in [2.75, 3.05) is 11.1 Å². The molecule has 1 atom stereocenters. The summed E-state index contributed by atoms with van der Waals surface area (Å²) in [5, 5.41) is 3.29. The monoisotopic (exact) mass is 256 g/mol. The van der Waals surface area contributed by atoms with E-state index in [4.69, 9.17) is 5.73 Å². The van der Waals surface area contributed by atoms with Crippen molar-refractivity contribution < 1.29 is 4.39 Å². The molecule has 1 aliphatic rings. The van der Waals surface area contributed by atoms with Crippen LogP contribution >= 0.6 is 0 Å². The molecular weight excluding hydrogens is 239 g/mol. The number of nitrogens with two attached hydrogens (primary N) is 1. The van der Waals surface area contributed by atoms with Gasteiger partial charge in [-0.05, 0) is 48.6 Å². The lowest BCUT2D eigenvalue weighted by Crippen LogP contribution is -2.27. The van der Waals surface area contributed by atoms with E-state index in [1.807, 2.05) is 0 Å². The smallest absolute Gasteiger partial charge is 0.148 e. The van der Waals surface area contributed by atoms with E-state index < -0.39 is 0 Å². The molecule has 98 valence electrons. The van der Waals surface area contributed by atoms with Crippen LogP contribution in [0.1, 0.15) is 17.5 Å². The SMILES string of the molecule is Nc1ccc(NC2CCc3ccccc3C2)c(F)c1. The van der Waals surface area contributed by atoms with E-state index in [0.717, 1.165) is 19.3 Å². The van der Waals surface area contributed by atoms with E-state index >= 15 is 0 Å². The number of rotatable bonds is 2. The number of benzene rings is 2. The van der Waals surface area contributed by atoms with Gasteiger partial charge in [0.2, 0.25) is 0 Å². The van der Waals surface area contributed by atoms with Crippen LogP contribution in [0.15, 0.2) is 42.5 Å². The van der Waals surface area contributed by atoms with E-state index in [0.29, 0.717) is 11.4 Å². The third-order valence-corrected chi connectivity index (χ3v) is 3.70. The Morgan fingerprint density at radius 1 is 1.11 bits per heavy atom. The number of nitrogens with one attached hydrogen (secondary N) is 1. The van der Waals surface area contributed by atoms with Crippen LogP contribution in [0.25, 0.3) is 0 Å². The van der Waals surface area contributed by atoms with Gasteiger partial charge in [0.15, 0.2) is 0 Å². The van der Waals surface area contributed by atoms with Crippen LogP contribution in [0.5, 0.6) is 0 Å². The summed E-state index contributed by atoms with van der Waals surface area (Å²) < 4.78 is 13.8. The van der Waals surface area contributed by atoms with Gasteiger partial charge in [0.25, 0.3) is 0 Å². The van der Waals surface area contributed by atoms with Gasteiger partial charge in [0, 0.05) is 11.7 Å². The Hall–Kier alpha value is -2.03. The van der Waals surface area contributed by atoms with Crippen molar-refractivity contribution in [3.63, 3.8) is 0 Å². The molecule has 0 amide bonds. The summed E-state index contributed by atoms with van der Waals surface area (Å²) in [6.07, 6.45) is 3.02. The fraction of sp³-hybridized carbons (Fsp3) is 0.250. The van der Waals surface area contributed by atoms with Crippen molar-refractivity contribution >= 4 is 11.4 Å². The number of halogens is 1. The molecule has 3 rings (SSSR count).